The van der Waals surface area contributed by atoms with E-state index in [-0.39, 0.29) is 6.42 Å². The molecule has 1 aliphatic heterocycles. The molecule has 0 spiro atoms. The number of hydrogen-bond donors (Lipinski definition) is 0. The topological polar surface area (TPSA) is 18.5 Å². The molecule has 0 radical (unpaired) electrons. The number of halogens is 5. The summed E-state index contributed by atoms with van der Waals surface area (Å²) in [5.41, 5.74) is 0. The molecule has 0 aromatic heterocycles. The van der Waals surface area contributed by atoms with Gasteiger partial charge in [-0.2, -0.15) is 22.0 Å². The third-order valence-corrected chi connectivity index (χ3v) is 6.02. The third kappa shape index (κ3) is 15.1. The van der Waals surface area contributed by atoms with Gasteiger partial charge in [0, 0.05) is 19.6 Å². The van der Waals surface area contributed by atoms with Gasteiger partial charge in [0.1, 0.15) is 0 Å². The minimum Gasteiger partial charge on any atom is -0.379 e. The van der Waals surface area contributed by atoms with Crippen molar-refractivity contribution in [1.29, 1.82) is 0 Å². The Balaban J connectivity index is 1.70. The molecule has 31 heavy (non-hydrogen) atoms. The van der Waals surface area contributed by atoms with Crippen molar-refractivity contribution < 1.29 is 31.4 Å². The van der Waals surface area contributed by atoms with Crippen LogP contribution in [-0.4, -0.2) is 38.0 Å². The molecular weight excluding hydrogens is 415 g/mol. The second kappa shape index (κ2) is 17.1. The summed E-state index contributed by atoms with van der Waals surface area (Å²) >= 11 is 0. The van der Waals surface area contributed by atoms with E-state index < -0.39 is 18.5 Å². The van der Waals surface area contributed by atoms with Crippen molar-refractivity contribution in [3.63, 3.8) is 0 Å². The fraction of sp³-hybridized carbons (Fsp3) is 1.00. The van der Waals surface area contributed by atoms with Gasteiger partial charge in [-0.15, -0.1) is 0 Å². The van der Waals surface area contributed by atoms with Crippen molar-refractivity contribution in [3.8, 4) is 0 Å². The second-order valence-electron chi connectivity index (χ2n) is 8.97. The van der Waals surface area contributed by atoms with Crippen LogP contribution < -0.4 is 0 Å². The van der Waals surface area contributed by atoms with Crippen LogP contribution in [0.5, 0.6) is 0 Å². The van der Waals surface area contributed by atoms with E-state index in [2.05, 4.69) is 0 Å². The highest BCUT2D eigenvalue weighted by Crippen LogP contribution is 2.39. The van der Waals surface area contributed by atoms with Gasteiger partial charge in [-0.1, -0.05) is 83.5 Å². The zero-order chi connectivity index (χ0) is 22.8. The second-order valence-corrected chi connectivity index (χ2v) is 8.97. The van der Waals surface area contributed by atoms with Gasteiger partial charge in [-0.05, 0) is 25.7 Å². The molecule has 0 bridgehead atoms. The molecule has 1 saturated heterocycles. The fourth-order valence-corrected chi connectivity index (χ4v) is 3.98. The van der Waals surface area contributed by atoms with Gasteiger partial charge >= 0.3 is 12.1 Å². The molecule has 2 nitrogen and oxygen atoms in total. The summed E-state index contributed by atoms with van der Waals surface area (Å²) in [6, 6.07) is 0. The number of hydrogen-bond acceptors (Lipinski definition) is 2. The third-order valence-electron chi connectivity index (χ3n) is 6.02. The first-order chi connectivity index (χ1) is 14.8. The highest BCUT2D eigenvalue weighted by Gasteiger charge is 2.56. The van der Waals surface area contributed by atoms with E-state index >= 15 is 0 Å². The van der Waals surface area contributed by atoms with E-state index in [9.17, 15) is 22.0 Å². The SMILES string of the molecule is FC(F)(F)C(F)(F)CCCCCCCCCCCCCCCCCOCC1CCCO1. The van der Waals surface area contributed by atoms with Crippen LogP contribution in [0.4, 0.5) is 22.0 Å². The molecule has 1 fully saturated rings. The molecule has 1 unspecified atom stereocenters. The number of ether oxygens (including phenoxy) is 2. The summed E-state index contributed by atoms with van der Waals surface area (Å²) < 4.78 is 72.8. The van der Waals surface area contributed by atoms with Gasteiger partial charge in [-0.3, -0.25) is 0 Å². The van der Waals surface area contributed by atoms with Crippen LogP contribution in [0.1, 0.15) is 116 Å². The quantitative estimate of drug-likeness (QED) is 0.134. The zero-order valence-corrected chi connectivity index (χ0v) is 19.1. The van der Waals surface area contributed by atoms with E-state index in [0.717, 1.165) is 64.8 Å². The van der Waals surface area contributed by atoms with E-state index in [1.165, 1.54) is 51.4 Å². The molecule has 0 N–H and O–H groups in total. The lowest BCUT2D eigenvalue weighted by Crippen LogP contribution is -2.36. The lowest BCUT2D eigenvalue weighted by molar-refractivity contribution is -0.284. The maximum absolute atomic E-state index is 12.8. The van der Waals surface area contributed by atoms with Crippen molar-refractivity contribution in [2.24, 2.45) is 0 Å². The molecule has 1 atom stereocenters. The van der Waals surface area contributed by atoms with E-state index in [0.29, 0.717) is 12.5 Å². The minimum absolute atomic E-state index is 0.0606. The average Bonchev–Trinajstić information content (AvgIpc) is 3.22. The van der Waals surface area contributed by atoms with Crippen molar-refractivity contribution in [2.75, 3.05) is 19.8 Å². The zero-order valence-electron chi connectivity index (χ0n) is 19.1. The van der Waals surface area contributed by atoms with Crippen LogP contribution in [0.2, 0.25) is 0 Å². The predicted octanol–water partition coefficient (Wildman–Crippen LogP) is 8.62. The Labute approximate surface area is 185 Å². The summed E-state index contributed by atoms with van der Waals surface area (Å²) in [4.78, 5) is 0. The monoisotopic (exact) mass is 458 g/mol. The number of unbranched alkanes of at least 4 members (excludes halogenated alkanes) is 14. The van der Waals surface area contributed by atoms with Gasteiger partial charge in [0.05, 0.1) is 12.7 Å². The molecule has 7 heteroatoms. The molecule has 0 aliphatic carbocycles. The molecule has 186 valence electrons. The molecule has 0 aromatic carbocycles. The molecule has 1 aliphatic rings. The van der Waals surface area contributed by atoms with Crippen molar-refractivity contribution in [2.45, 2.75) is 134 Å². The molecule has 0 amide bonds. The van der Waals surface area contributed by atoms with Crippen LogP contribution in [0, 0.1) is 0 Å². The first-order valence-electron chi connectivity index (χ1n) is 12.5. The van der Waals surface area contributed by atoms with Crippen LogP contribution in [0.25, 0.3) is 0 Å². The first kappa shape index (κ1) is 28.6. The highest BCUT2D eigenvalue weighted by molar-refractivity contribution is 4.75. The molecule has 0 saturated carbocycles. The van der Waals surface area contributed by atoms with Crippen LogP contribution in [0.3, 0.4) is 0 Å². The summed E-state index contributed by atoms with van der Waals surface area (Å²) in [6.07, 6.45) is 11.6. The largest absolute Gasteiger partial charge is 0.453 e. The Bertz CT molecular complexity index is 409. The molecule has 1 rings (SSSR count). The van der Waals surface area contributed by atoms with Gasteiger partial charge < -0.3 is 9.47 Å². The van der Waals surface area contributed by atoms with Gasteiger partial charge in [0.2, 0.25) is 0 Å². The fourth-order valence-electron chi connectivity index (χ4n) is 3.98. The Morgan fingerprint density at radius 3 is 1.52 bits per heavy atom. The summed E-state index contributed by atoms with van der Waals surface area (Å²) in [5, 5.41) is 0. The lowest BCUT2D eigenvalue weighted by atomic mass is 10.0. The summed E-state index contributed by atoms with van der Waals surface area (Å²) in [6.45, 7) is 2.48. The standard InChI is InChI=1S/C24H43F5O2/c25-23(26,24(27,28)29)18-14-12-10-8-6-4-2-1-3-5-7-9-11-13-15-19-30-21-22-17-16-20-31-22/h22H,1-21H2. The van der Waals surface area contributed by atoms with Crippen molar-refractivity contribution in [3.05, 3.63) is 0 Å². The van der Waals surface area contributed by atoms with Crippen molar-refractivity contribution >= 4 is 0 Å². The Morgan fingerprint density at radius 1 is 0.645 bits per heavy atom. The highest BCUT2D eigenvalue weighted by atomic mass is 19.4. The van der Waals surface area contributed by atoms with Gasteiger partial charge in [0.25, 0.3) is 0 Å². The van der Waals surface area contributed by atoms with E-state index in [4.69, 9.17) is 9.47 Å². The normalized spacial score (nSPS) is 17.5. The van der Waals surface area contributed by atoms with Crippen LogP contribution in [-0.2, 0) is 9.47 Å². The lowest BCUT2D eigenvalue weighted by Gasteiger charge is -2.19. The Kier molecular flexibility index (Phi) is 15.8. The predicted molar refractivity (Wildman–Crippen MR) is 115 cm³/mol. The Hall–Kier alpha value is -0.430. The maximum atomic E-state index is 12.8. The van der Waals surface area contributed by atoms with Crippen molar-refractivity contribution in [1.82, 2.24) is 0 Å². The summed E-state index contributed by atoms with van der Waals surface area (Å²) in [7, 11) is 0. The first-order valence-corrected chi connectivity index (χ1v) is 12.5. The molecule has 0 aromatic rings. The van der Waals surface area contributed by atoms with Crippen LogP contribution >= 0.6 is 0 Å². The smallest absolute Gasteiger partial charge is 0.379 e. The minimum atomic E-state index is -5.41. The summed E-state index contributed by atoms with van der Waals surface area (Å²) in [5.74, 6) is -4.54. The van der Waals surface area contributed by atoms with E-state index in [1.807, 2.05) is 0 Å². The maximum Gasteiger partial charge on any atom is 0.453 e. The molecular formula is C24H43F5O2. The Morgan fingerprint density at radius 2 is 1.10 bits per heavy atom. The van der Waals surface area contributed by atoms with E-state index in [1.54, 1.807) is 0 Å². The van der Waals surface area contributed by atoms with Gasteiger partial charge in [-0.25, -0.2) is 0 Å². The van der Waals surface area contributed by atoms with Crippen LogP contribution in [0.15, 0.2) is 0 Å². The number of alkyl halides is 5. The molecule has 1 heterocycles. The number of rotatable bonds is 20. The average molecular weight is 459 g/mol. The van der Waals surface area contributed by atoms with Gasteiger partial charge in [0.15, 0.2) is 0 Å².